The minimum absolute atomic E-state index is 0.418. The molecule has 1 heterocycles. The molecule has 3 nitrogen and oxygen atoms in total. The van der Waals surface area contributed by atoms with Crippen molar-refractivity contribution in [2.75, 3.05) is 0 Å². The summed E-state index contributed by atoms with van der Waals surface area (Å²) in [4.78, 5) is 0. The Balaban J connectivity index is 2.09. The summed E-state index contributed by atoms with van der Waals surface area (Å²) in [5, 5.41) is 9.64. The van der Waals surface area contributed by atoms with Crippen LogP contribution in [-0.4, -0.2) is 14.8 Å². The molecule has 0 radical (unpaired) electrons. The van der Waals surface area contributed by atoms with Gasteiger partial charge in [-0.25, -0.2) is 0 Å². The molecule has 0 saturated carbocycles. The van der Waals surface area contributed by atoms with E-state index in [9.17, 15) is 0 Å². The minimum Gasteiger partial charge on any atom is -0.306 e. The highest BCUT2D eigenvalue weighted by Gasteiger charge is 2.13. The predicted molar refractivity (Wildman–Crippen MR) is 80.5 cm³/mol. The van der Waals surface area contributed by atoms with Crippen molar-refractivity contribution in [3.05, 3.63) is 41.2 Å². The van der Waals surface area contributed by atoms with Gasteiger partial charge >= 0.3 is 0 Å². The molecule has 2 aromatic rings. The van der Waals surface area contributed by atoms with Crippen LogP contribution >= 0.6 is 11.8 Å². The van der Waals surface area contributed by atoms with E-state index in [1.165, 1.54) is 11.1 Å². The summed E-state index contributed by atoms with van der Waals surface area (Å²) in [6, 6.07) is 8.66. The van der Waals surface area contributed by atoms with Gasteiger partial charge in [0.15, 0.2) is 5.16 Å². The largest absolute Gasteiger partial charge is 0.306 e. The van der Waals surface area contributed by atoms with Gasteiger partial charge in [0.05, 0.1) is 0 Å². The number of hydrogen-bond donors (Lipinski definition) is 0. The zero-order chi connectivity index (χ0) is 13.8. The van der Waals surface area contributed by atoms with E-state index in [4.69, 9.17) is 0 Å². The SMILES string of the molecule is CCn1c(SCc2ccc(C)cc2)nnc1C(C)C. The average molecular weight is 275 g/mol. The molecule has 0 aliphatic carbocycles. The Kier molecular flexibility index (Phi) is 4.64. The highest BCUT2D eigenvalue weighted by Crippen LogP contribution is 2.24. The molecule has 0 unspecified atom stereocenters. The number of aryl methyl sites for hydroxylation is 1. The third-order valence-corrected chi connectivity index (χ3v) is 4.10. The fourth-order valence-corrected chi connectivity index (χ4v) is 2.93. The van der Waals surface area contributed by atoms with E-state index >= 15 is 0 Å². The first-order chi connectivity index (χ1) is 9.11. The molecular formula is C15H21N3S. The molecule has 0 N–H and O–H groups in total. The van der Waals surface area contributed by atoms with E-state index in [1.807, 2.05) is 0 Å². The van der Waals surface area contributed by atoms with Gasteiger partial charge in [-0.1, -0.05) is 55.4 Å². The van der Waals surface area contributed by atoms with Gasteiger partial charge in [0.25, 0.3) is 0 Å². The lowest BCUT2D eigenvalue weighted by molar-refractivity contribution is 0.613. The van der Waals surface area contributed by atoms with Gasteiger partial charge in [-0.05, 0) is 19.4 Å². The molecule has 4 heteroatoms. The zero-order valence-corrected chi connectivity index (χ0v) is 12.9. The average Bonchev–Trinajstić information content (AvgIpc) is 2.81. The molecule has 0 aliphatic heterocycles. The van der Waals surface area contributed by atoms with E-state index in [1.54, 1.807) is 11.8 Å². The van der Waals surface area contributed by atoms with Crippen molar-refractivity contribution in [3.8, 4) is 0 Å². The fourth-order valence-electron chi connectivity index (χ4n) is 1.96. The molecule has 2 rings (SSSR count). The van der Waals surface area contributed by atoms with E-state index in [-0.39, 0.29) is 0 Å². The summed E-state index contributed by atoms with van der Waals surface area (Å²) in [5.74, 6) is 2.44. The van der Waals surface area contributed by atoms with Crippen LogP contribution in [0.25, 0.3) is 0 Å². The second kappa shape index (κ2) is 6.24. The molecule has 0 bridgehead atoms. The predicted octanol–water partition coefficient (Wildman–Crippen LogP) is 4.02. The van der Waals surface area contributed by atoms with Crippen molar-refractivity contribution in [2.45, 2.75) is 51.1 Å². The maximum atomic E-state index is 4.32. The van der Waals surface area contributed by atoms with Crippen molar-refractivity contribution < 1.29 is 0 Å². The molecule has 0 spiro atoms. The normalized spacial score (nSPS) is 11.2. The Morgan fingerprint density at radius 3 is 2.42 bits per heavy atom. The Morgan fingerprint density at radius 2 is 1.84 bits per heavy atom. The summed E-state index contributed by atoms with van der Waals surface area (Å²) >= 11 is 1.76. The monoisotopic (exact) mass is 275 g/mol. The summed E-state index contributed by atoms with van der Waals surface area (Å²) < 4.78 is 2.21. The Labute approximate surface area is 119 Å². The quantitative estimate of drug-likeness (QED) is 0.772. The molecule has 0 aliphatic rings. The Bertz CT molecular complexity index is 529. The number of thioether (sulfide) groups is 1. The van der Waals surface area contributed by atoms with Gasteiger partial charge in [0.2, 0.25) is 0 Å². The fraction of sp³-hybridized carbons (Fsp3) is 0.467. The summed E-state index contributed by atoms with van der Waals surface area (Å²) in [5.41, 5.74) is 2.62. The Hall–Kier alpha value is -1.29. The summed E-state index contributed by atoms with van der Waals surface area (Å²) in [7, 11) is 0. The third kappa shape index (κ3) is 3.38. The number of benzene rings is 1. The standard InChI is InChI=1S/C15H21N3S/c1-5-18-14(11(2)3)16-17-15(18)19-10-13-8-6-12(4)7-9-13/h6-9,11H,5,10H2,1-4H3. The highest BCUT2D eigenvalue weighted by molar-refractivity contribution is 7.98. The second-order valence-electron chi connectivity index (χ2n) is 5.01. The first-order valence-electron chi connectivity index (χ1n) is 6.73. The lowest BCUT2D eigenvalue weighted by atomic mass is 10.2. The van der Waals surface area contributed by atoms with E-state index in [0.717, 1.165) is 23.3 Å². The second-order valence-corrected chi connectivity index (χ2v) is 5.96. The number of rotatable bonds is 5. The maximum Gasteiger partial charge on any atom is 0.191 e. The molecule has 1 aromatic heterocycles. The van der Waals surface area contributed by atoms with Gasteiger partial charge in [-0.3, -0.25) is 0 Å². The lowest BCUT2D eigenvalue weighted by Gasteiger charge is -2.09. The van der Waals surface area contributed by atoms with Crippen molar-refractivity contribution in [2.24, 2.45) is 0 Å². The summed E-state index contributed by atoms with van der Waals surface area (Å²) in [6.07, 6.45) is 0. The number of hydrogen-bond acceptors (Lipinski definition) is 3. The Morgan fingerprint density at radius 1 is 1.16 bits per heavy atom. The van der Waals surface area contributed by atoms with Crippen molar-refractivity contribution >= 4 is 11.8 Å². The van der Waals surface area contributed by atoms with E-state index in [2.05, 4.69) is 66.7 Å². The zero-order valence-electron chi connectivity index (χ0n) is 12.1. The molecule has 0 amide bonds. The van der Waals surface area contributed by atoms with Crippen LogP contribution in [0.3, 0.4) is 0 Å². The van der Waals surface area contributed by atoms with Crippen LogP contribution in [0.1, 0.15) is 43.6 Å². The van der Waals surface area contributed by atoms with Crippen molar-refractivity contribution in [3.63, 3.8) is 0 Å². The molecule has 19 heavy (non-hydrogen) atoms. The van der Waals surface area contributed by atoms with Crippen molar-refractivity contribution in [1.29, 1.82) is 0 Å². The van der Waals surface area contributed by atoms with E-state index < -0.39 is 0 Å². The topological polar surface area (TPSA) is 30.7 Å². The van der Waals surface area contributed by atoms with Crippen LogP contribution in [0.5, 0.6) is 0 Å². The highest BCUT2D eigenvalue weighted by atomic mass is 32.2. The van der Waals surface area contributed by atoms with Crippen molar-refractivity contribution in [1.82, 2.24) is 14.8 Å². The molecule has 102 valence electrons. The van der Waals surface area contributed by atoms with Crippen LogP contribution in [0.4, 0.5) is 0 Å². The smallest absolute Gasteiger partial charge is 0.191 e. The first kappa shape index (κ1) is 14.1. The molecule has 1 aromatic carbocycles. The van der Waals surface area contributed by atoms with E-state index in [0.29, 0.717) is 5.92 Å². The third-order valence-electron chi connectivity index (χ3n) is 3.07. The minimum atomic E-state index is 0.418. The van der Waals surface area contributed by atoms with Crippen LogP contribution in [0, 0.1) is 6.92 Å². The number of aromatic nitrogens is 3. The van der Waals surface area contributed by atoms with Gasteiger partial charge in [-0.2, -0.15) is 0 Å². The maximum absolute atomic E-state index is 4.32. The van der Waals surface area contributed by atoms with Gasteiger partial charge in [0.1, 0.15) is 5.82 Å². The van der Waals surface area contributed by atoms with Crippen LogP contribution in [0.15, 0.2) is 29.4 Å². The summed E-state index contributed by atoms with van der Waals surface area (Å²) in [6.45, 7) is 9.50. The molecular weight excluding hydrogens is 254 g/mol. The first-order valence-corrected chi connectivity index (χ1v) is 7.71. The molecule has 0 saturated heterocycles. The molecule has 0 atom stereocenters. The van der Waals surface area contributed by atoms with Crippen LogP contribution < -0.4 is 0 Å². The van der Waals surface area contributed by atoms with Gasteiger partial charge < -0.3 is 4.57 Å². The number of nitrogens with zero attached hydrogens (tertiary/aromatic N) is 3. The lowest BCUT2D eigenvalue weighted by Crippen LogP contribution is -2.04. The van der Waals surface area contributed by atoms with Gasteiger partial charge in [0, 0.05) is 18.2 Å². The van der Waals surface area contributed by atoms with Gasteiger partial charge in [-0.15, -0.1) is 10.2 Å². The van der Waals surface area contributed by atoms with Crippen LogP contribution in [-0.2, 0) is 12.3 Å². The molecule has 0 fully saturated rings. The van der Waals surface area contributed by atoms with Crippen LogP contribution in [0.2, 0.25) is 0 Å².